The van der Waals surface area contributed by atoms with E-state index in [0.29, 0.717) is 30.7 Å². The Balaban J connectivity index is 1.38. The number of carbonyl (C=O) groups excluding carboxylic acids is 1. The highest BCUT2D eigenvalue weighted by Crippen LogP contribution is 2.35. The summed E-state index contributed by atoms with van der Waals surface area (Å²) >= 11 is 1.42. The van der Waals surface area contributed by atoms with Gasteiger partial charge in [0.15, 0.2) is 0 Å². The van der Waals surface area contributed by atoms with Crippen molar-refractivity contribution in [3.05, 3.63) is 29.0 Å². The second-order valence-corrected chi connectivity index (χ2v) is 7.63. The van der Waals surface area contributed by atoms with E-state index in [4.69, 9.17) is 4.74 Å². The van der Waals surface area contributed by atoms with Gasteiger partial charge in [-0.2, -0.15) is 0 Å². The molecule has 4 heterocycles. The summed E-state index contributed by atoms with van der Waals surface area (Å²) in [5, 5.41) is 4.75. The van der Waals surface area contributed by atoms with Crippen LogP contribution in [0, 0.1) is 11.8 Å². The van der Waals surface area contributed by atoms with Gasteiger partial charge in [0.2, 0.25) is 0 Å². The molecule has 1 N–H and O–H groups in total. The standard InChI is InChI=1S/C17H22N6O2S/c1-22(2)15-3-16(20-9-19-15)23-5-12-11(7-25-14(12)6-23)4-18-17(24)13-8-26-10-21-13/h3,8-12,14H,4-7H2,1-2H3,(H,18,24)/t11-,12+,14+/m1/s1. The van der Waals surface area contributed by atoms with Gasteiger partial charge in [-0.15, -0.1) is 11.3 Å². The molecule has 2 saturated heterocycles. The molecule has 2 aliphatic heterocycles. The zero-order valence-electron chi connectivity index (χ0n) is 14.8. The molecule has 0 bridgehead atoms. The highest BCUT2D eigenvalue weighted by Gasteiger charge is 2.44. The zero-order chi connectivity index (χ0) is 18.1. The summed E-state index contributed by atoms with van der Waals surface area (Å²) in [6, 6.07) is 2.00. The number of hydrogen-bond donors (Lipinski definition) is 1. The maximum Gasteiger partial charge on any atom is 0.270 e. The molecule has 2 aromatic heterocycles. The lowest BCUT2D eigenvalue weighted by molar-refractivity contribution is 0.0935. The predicted octanol–water partition coefficient (Wildman–Crippen LogP) is 0.880. The number of nitrogens with zero attached hydrogens (tertiary/aromatic N) is 5. The second-order valence-electron chi connectivity index (χ2n) is 6.91. The molecule has 1 amide bonds. The molecule has 2 fully saturated rings. The van der Waals surface area contributed by atoms with Crippen molar-refractivity contribution in [2.45, 2.75) is 6.10 Å². The average Bonchev–Trinajstić information content (AvgIpc) is 3.37. The van der Waals surface area contributed by atoms with Gasteiger partial charge in [0, 0.05) is 57.0 Å². The number of carbonyl (C=O) groups is 1. The van der Waals surface area contributed by atoms with Crippen LogP contribution in [0.4, 0.5) is 11.6 Å². The van der Waals surface area contributed by atoms with Gasteiger partial charge in [-0.1, -0.05) is 0 Å². The van der Waals surface area contributed by atoms with Crippen LogP contribution in [-0.4, -0.2) is 67.3 Å². The van der Waals surface area contributed by atoms with Gasteiger partial charge in [-0.05, 0) is 0 Å². The maximum absolute atomic E-state index is 12.1. The quantitative estimate of drug-likeness (QED) is 0.832. The Morgan fingerprint density at radius 1 is 1.38 bits per heavy atom. The van der Waals surface area contributed by atoms with Crippen LogP contribution in [0.1, 0.15) is 10.5 Å². The lowest BCUT2D eigenvalue weighted by atomic mass is 9.93. The van der Waals surface area contributed by atoms with Crippen molar-refractivity contribution in [3.63, 3.8) is 0 Å². The van der Waals surface area contributed by atoms with Gasteiger partial charge in [0.1, 0.15) is 23.7 Å². The predicted molar refractivity (Wildman–Crippen MR) is 99.7 cm³/mol. The number of hydrogen-bond acceptors (Lipinski definition) is 8. The molecule has 26 heavy (non-hydrogen) atoms. The topological polar surface area (TPSA) is 83.5 Å². The number of rotatable bonds is 5. The van der Waals surface area contributed by atoms with E-state index < -0.39 is 0 Å². The van der Waals surface area contributed by atoms with E-state index in [2.05, 4.69) is 25.2 Å². The van der Waals surface area contributed by atoms with Gasteiger partial charge in [0.05, 0.1) is 18.2 Å². The Hall–Kier alpha value is -2.26. The normalized spacial score (nSPS) is 24.5. The molecule has 2 aliphatic rings. The molecule has 2 aromatic rings. The van der Waals surface area contributed by atoms with Crippen molar-refractivity contribution in [2.24, 2.45) is 11.8 Å². The fraction of sp³-hybridized carbons (Fsp3) is 0.529. The first-order chi connectivity index (χ1) is 12.6. The fourth-order valence-electron chi connectivity index (χ4n) is 3.59. The van der Waals surface area contributed by atoms with Crippen LogP contribution in [-0.2, 0) is 4.74 Å². The number of fused-ring (bicyclic) bond motifs is 1. The lowest BCUT2D eigenvalue weighted by Gasteiger charge is -2.22. The van der Waals surface area contributed by atoms with Gasteiger partial charge in [-0.25, -0.2) is 15.0 Å². The smallest absolute Gasteiger partial charge is 0.270 e. The van der Waals surface area contributed by atoms with Crippen molar-refractivity contribution in [2.75, 3.05) is 50.1 Å². The molecule has 0 radical (unpaired) electrons. The van der Waals surface area contributed by atoms with Crippen LogP contribution in [0.15, 0.2) is 23.3 Å². The van der Waals surface area contributed by atoms with E-state index in [9.17, 15) is 4.79 Å². The first kappa shape index (κ1) is 17.2. The monoisotopic (exact) mass is 374 g/mol. The van der Waals surface area contributed by atoms with Gasteiger partial charge < -0.3 is 19.9 Å². The van der Waals surface area contributed by atoms with E-state index in [1.807, 2.05) is 25.1 Å². The summed E-state index contributed by atoms with van der Waals surface area (Å²) < 4.78 is 5.98. The van der Waals surface area contributed by atoms with Crippen LogP contribution >= 0.6 is 11.3 Å². The Kier molecular flexibility index (Phi) is 4.73. The minimum Gasteiger partial charge on any atom is -0.376 e. The van der Waals surface area contributed by atoms with Crippen LogP contribution in [0.2, 0.25) is 0 Å². The Morgan fingerprint density at radius 2 is 2.27 bits per heavy atom. The van der Waals surface area contributed by atoms with E-state index >= 15 is 0 Å². The molecular weight excluding hydrogens is 352 g/mol. The van der Waals surface area contributed by atoms with Gasteiger partial charge >= 0.3 is 0 Å². The lowest BCUT2D eigenvalue weighted by Crippen LogP contribution is -2.34. The van der Waals surface area contributed by atoms with Crippen molar-refractivity contribution >= 4 is 28.9 Å². The molecular formula is C17H22N6O2S. The van der Waals surface area contributed by atoms with Crippen molar-refractivity contribution in [3.8, 4) is 0 Å². The summed E-state index contributed by atoms with van der Waals surface area (Å²) in [6.07, 6.45) is 1.79. The SMILES string of the molecule is CN(C)c1cc(N2C[C@H]3[C@H](CNC(=O)c4cscn4)CO[C@H]3C2)ncn1. The summed E-state index contributed by atoms with van der Waals surface area (Å²) in [5.74, 6) is 2.40. The largest absolute Gasteiger partial charge is 0.376 e. The van der Waals surface area contributed by atoms with Gasteiger partial charge in [-0.3, -0.25) is 4.79 Å². The van der Waals surface area contributed by atoms with Crippen LogP contribution in [0.3, 0.4) is 0 Å². The Labute approximate surface area is 156 Å². The highest BCUT2D eigenvalue weighted by molar-refractivity contribution is 7.07. The molecule has 0 aliphatic carbocycles. The third-order valence-corrected chi connectivity index (χ3v) is 5.64. The van der Waals surface area contributed by atoms with Crippen molar-refractivity contribution in [1.82, 2.24) is 20.3 Å². The molecule has 0 unspecified atom stereocenters. The summed E-state index contributed by atoms with van der Waals surface area (Å²) in [6.45, 7) is 3.00. The fourth-order valence-corrected chi connectivity index (χ4v) is 4.12. The molecule has 138 valence electrons. The molecule has 0 aromatic carbocycles. The number of amides is 1. The van der Waals surface area contributed by atoms with E-state index in [1.54, 1.807) is 17.2 Å². The summed E-state index contributed by atoms with van der Waals surface area (Å²) in [4.78, 5) is 29.1. The first-order valence-corrected chi connectivity index (χ1v) is 9.58. The van der Waals surface area contributed by atoms with Crippen molar-refractivity contribution in [1.29, 1.82) is 0 Å². The number of thiazole rings is 1. The van der Waals surface area contributed by atoms with Crippen LogP contribution < -0.4 is 15.1 Å². The number of aromatic nitrogens is 3. The third-order valence-electron chi connectivity index (χ3n) is 5.05. The van der Waals surface area contributed by atoms with E-state index in [1.165, 1.54) is 11.3 Å². The maximum atomic E-state index is 12.1. The van der Waals surface area contributed by atoms with Crippen LogP contribution in [0.25, 0.3) is 0 Å². The van der Waals surface area contributed by atoms with Crippen molar-refractivity contribution < 1.29 is 9.53 Å². The van der Waals surface area contributed by atoms with Crippen LogP contribution in [0.5, 0.6) is 0 Å². The van der Waals surface area contributed by atoms with E-state index in [0.717, 1.165) is 24.7 Å². The summed E-state index contributed by atoms with van der Waals surface area (Å²) in [7, 11) is 3.93. The zero-order valence-corrected chi connectivity index (χ0v) is 15.6. The number of nitrogens with one attached hydrogen (secondary N) is 1. The van der Waals surface area contributed by atoms with E-state index in [-0.39, 0.29) is 12.0 Å². The average molecular weight is 374 g/mol. The number of anilines is 2. The molecule has 4 rings (SSSR count). The minimum atomic E-state index is -0.115. The molecule has 9 heteroatoms. The number of ether oxygens (including phenoxy) is 1. The molecule has 8 nitrogen and oxygen atoms in total. The Morgan fingerprint density at radius 3 is 3.04 bits per heavy atom. The first-order valence-electron chi connectivity index (χ1n) is 8.64. The third kappa shape index (κ3) is 3.36. The summed E-state index contributed by atoms with van der Waals surface area (Å²) in [5.41, 5.74) is 2.15. The molecule has 0 saturated carbocycles. The highest BCUT2D eigenvalue weighted by atomic mass is 32.1. The molecule has 0 spiro atoms. The molecule has 3 atom stereocenters. The Bertz CT molecular complexity index is 768. The minimum absolute atomic E-state index is 0.115. The van der Waals surface area contributed by atoms with Gasteiger partial charge in [0.25, 0.3) is 5.91 Å². The second kappa shape index (κ2) is 7.16.